The molecule has 0 saturated carbocycles. The highest BCUT2D eigenvalue weighted by atomic mass is 16.3. The van der Waals surface area contributed by atoms with Crippen LogP contribution < -0.4 is 5.32 Å². The predicted octanol–water partition coefficient (Wildman–Crippen LogP) is 2.15. The molecule has 1 aromatic carbocycles. The zero-order valence-electron chi connectivity index (χ0n) is 9.10. The largest absolute Gasteiger partial charge is 0.508 e. The van der Waals surface area contributed by atoms with Crippen molar-refractivity contribution in [1.82, 2.24) is 5.32 Å². The first-order chi connectivity index (χ1) is 6.02. The van der Waals surface area contributed by atoms with Crippen molar-refractivity contribution >= 4 is 0 Å². The Hall–Kier alpha value is -1.02. The van der Waals surface area contributed by atoms with E-state index < -0.39 is 0 Å². The number of hydrogen-bond donors (Lipinski definition) is 2. The maximum absolute atomic E-state index is 9.28. The Morgan fingerprint density at radius 1 is 1.08 bits per heavy atom. The molecule has 0 amide bonds. The van der Waals surface area contributed by atoms with E-state index in [1.54, 1.807) is 6.07 Å². The van der Waals surface area contributed by atoms with Gasteiger partial charge in [0.05, 0.1) is 0 Å². The van der Waals surface area contributed by atoms with Gasteiger partial charge in [-0.15, -0.1) is 0 Å². The van der Waals surface area contributed by atoms with E-state index in [2.05, 4.69) is 11.4 Å². The Kier molecular flexibility index (Phi) is 5.16. The molecule has 0 aliphatic heterocycles. The van der Waals surface area contributed by atoms with Gasteiger partial charge in [0.25, 0.3) is 0 Å². The van der Waals surface area contributed by atoms with Gasteiger partial charge in [-0.1, -0.05) is 6.07 Å². The second-order valence-corrected chi connectivity index (χ2v) is 3.23. The van der Waals surface area contributed by atoms with Gasteiger partial charge in [0.15, 0.2) is 0 Å². The second kappa shape index (κ2) is 5.60. The molecule has 1 rings (SSSR count). The van der Waals surface area contributed by atoms with Gasteiger partial charge in [-0.3, -0.25) is 0 Å². The zero-order valence-corrected chi connectivity index (χ0v) is 9.10. The van der Waals surface area contributed by atoms with Gasteiger partial charge in [0.2, 0.25) is 0 Å². The van der Waals surface area contributed by atoms with Crippen LogP contribution in [0.15, 0.2) is 12.1 Å². The maximum atomic E-state index is 9.28. The Labute approximate surface area is 80.6 Å². The van der Waals surface area contributed by atoms with E-state index in [1.165, 1.54) is 0 Å². The molecule has 0 fully saturated rings. The monoisotopic (exact) mass is 181 g/mol. The minimum absolute atomic E-state index is 0.400. The van der Waals surface area contributed by atoms with Crippen molar-refractivity contribution in [2.24, 2.45) is 0 Å². The van der Waals surface area contributed by atoms with E-state index in [0.29, 0.717) is 5.75 Å². The number of benzene rings is 1. The molecule has 13 heavy (non-hydrogen) atoms. The molecule has 0 aliphatic carbocycles. The number of nitrogens with one attached hydrogen (secondary N) is 1. The molecule has 0 heterocycles. The summed E-state index contributed by atoms with van der Waals surface area (Å²) in [5.41, 5.74) is 3.24. The average Bonchev–Trinajstić information content (AvgIpc) is 2.01. The van der Waals surface area contributed by atoms with E-state index >= 15 is 0 Å². The lowest BCUT2D eigenvalue weighted by molar-refractivity contribution is 0.470. The van der Waals surface area contributed by atoms with Crippen LogP contribution in [0.25, 0.3) is 0 Å². The predicted molar refractivity (Wildman–Crippen MR) is 57.3 cm³/mol. The quantitative estimate of drug-likeness (QED) is 0.643. The molecule has 0 spiro atoms. The molecule has 74 valence electrons. The minimum atomic E-state index is 0.400. The summed E-state index contributed by atoms with van der Waals surface area (Å²) in [7, 11) is 3.75. The van der Waals surface area contributed by atoms with E-state index in [1.807, 2.05) is 34.9 Å². The Morgan fingerprint density at radius 2 is 1.54 bits per heavy atom. The maximum Gasteiger partial charge on any atom is 0.119 e. The second-order valence-electron chi connectivity index (χ2n) is 3.23. The van der Waals surface area contributed by atoms with Gasteiger partial charge < -0.3 is 10.4 Å². The van der Waals surface area contributed by atoms with Crippen molar-refractivity contribution in [2.75, 3.05) is 14.1 Å². The summed E-state index contributed by atoms with van der Waals surface area (Å²) in [6, 6.07) is 3.84. The van der Waals surface area contributed by atoms with Crippen molar-refractivity contribution in [3.63, 3.8) is 0 Å². The van der Waals surface area contributed by atoms with Crippen molar-refractivity contribution in [3.05, 3.63) is 28.8 Å². The SMILES string of the molecule is CNC.Cc1cc(C)c(C)c(O)c1. The molecule has 2 nitrogen and oxygen atoms in total. The van der Waals surface area contributed by atoms with E-state index in [4.69, 9.17) is 0 Å². The molecule has 0 aliphatic rings. The topological polar surface area (TPSA) is 32.3 Å². The Balaban J connectivity index is 0.000000424. The lowest BCUT2D eigenvalue weighted by Gasteiger charge is -2.03. The Bertz CT molecular complexity index is 246. The van der Waals surface area contributed by atoms with Crippen LogP contribution in [0.4, 0.5) is 0 Å². The number of phenols is 1. The van der Waals surface area contributed by atoms with Crippen molar-refractivity contribution in [2.45, 2.75) is 20.8 Å². The third-order valence-electron chi connectivity index (χ3n) is 1.78. The molecule has 0 radical (unpaired) electrons. The molecule has 0 saturated heterocycles. The number of aryl methyl sites for hydroxylation is 2. The number of phenolic OH excluding ortho intramolecular Hbond substituents is 1. The van der Waals surface area contributed by atoms with Crippen molar-refractivity contribution < 1.29 is 5.11 Å². The normalized spacial score (nSPS) is 9.00. The van der Waals surface area contributed by atoms with Crippen LogP contribution >= 0.6 is 0 Å². The standard InChI is InChI=1S/C9H12O.C2H7N/c1-6-4-7(2)8(3)9(10)5-6;1-3-2/h4-5,10H,1-3H3;3H,1-2H3. The lowest BCUT2D eigenvalue weighted by atomic mass is 10.1. The number of hydrogen-bond acceptors (Lipinski definition) is 2. The smallest absolute Gasteiger partial charge is 0.119 e. The highest BCUT2D eigenvalue weighted by Crippen LogP contribution is 2.20. The highest BCUT2D eigenvalue weighted by molar-refractivity contribution is 5.40. The van der Waals surface area contributed by atoms with Gasteiger partial charge in [-0.2, -0.15) is 0 Å². The molecule has 0 unspecified atom stereocenters. The fourth-order valence-corrected chi connectivity index (χ4v) is 1.02. The first-order valence-corrected chi connectivity index (χ1v) is 4.38. The van der Waals surface area contributed by atoms with Crippen LogP contribution in [0.3, 0.4) is 0 Å². The third-order valence-corrected chi connectivity index (χ3v) is 1.78. The van der Waals surface area contributed by atoms with Crippen LogP contribution in [0.2, 0.25) is 0 Å². The Morgan fingerprint density at radius 3 is 1.92 bits per heavy atom. The van der Waals surface area contributed by atoms with Crippen molar-refractivity contribution in [3.8, 4) is 5.75 Å². The minimum Gasteiger partial charge on any atom is -0.508 e. The van der Waals surface area contributed by atoms with Crippen LogP contribution in [0, 0.1) is 20.8 Å². The fourth-order valence-electron chi connectivity index (χ4n) is 1.02. The van der Waals surface area contributed by atoms with Crippen LogP contribution in [0.1, 0.15) is 16.7 Å². The number of aromatic hydroxyl groups is 1. The van der Waals surface area contributed by atoms with Gasteiger partial charge in [-0.05, 0) is 57.6 Å². The van der Waals surface area contributed by atoms with E-state index in [0.717, 1.165) is 16.7 Å². The molecule has 2 N–H and O–H groups in total. The summed E-state index contributed by atoms with van der Waals surface area (Å²) >= 11 is 0. The van der Waals surface area contributed by atoms with Gasteiger partial charge >= 0.3 is 0 Å². The van der Waals surface area contributed by atoms with E-state index in [-0.39, 0.29) is 0 Å². The van der Waals surface area contributed by atoms with Crippen LogP contribution in [0.5, 0.6) is 5.75 Å². The first-order valence-electron chi connectivity index (χ1n) is 4.38. The van der Waals surface area contributed by atoms with Crippen LogP contribution in [-0.4, -0.2) is 19.2 Å². The highest BCUT2D eigenvalue weighted by Gasteiger charge is 1.98. The molecule has 0 atom stereocenters. The summed E-state index contributed by atoms with van der Waals surface area (Å²) in [5, 5.41) is 12.0. The summed E-state index contributed by atoms with van der Waals surface area (Å²) < 4.78 is 0. The van der Waals surface area contributed by atoms with Crippen LogP contribution in [-0.2, 0) is 0 Å². The molecule has 0 bridgehead atoms. The third kappa shape index (κ3) is 3.95. The molecule has 0 aromatic heterocycles. The van der Waals surface area contributed by atoms with E-state index in [9.17, 15) is 5.11 Å². The molecule has 1 aromatic rings. The van der Waals surface area contributed by atoms with Gasteiger partial charge in [0.1, 0.15) is 5.75 Å². The average molecular weight is 181 g/mol. The van der Waals surface area contributed by atoms with Crippen molar-refractivity contribution in [1.29, 1.82) is 0 Å². The molecular formula is C11H19NO. The fraction of sp³-hybridized carbons (Fsp3) is 0.455. The summed E-state index contributed by atoms with van der Waals surface area (Å²) in [6.07, 6.45) is 0. The first kappa shape index (κ1) is 12.0. The molecular weight excluding hydrogens is 162 g/mol. The molecule has 2 heteroatoms. The summed E-state index contributed by atoms with van der Waals surface area (Å²) in [5.74, 6) is 0.400. The number of rotatable bonds is 0. The zero-order chi connectivity index (χ0) is 10.4. The van der Waals surface area contributed by atoms with Gasteiger partial charge in [-0.25, -0.2) is 0 Å². The lowest BCUT2D eigenvalue weighted by Crippen LogP contribution is -1.89. The summed E-state index contributed by atoms with van der Waals surface area (Å²) in [4.78, 5) is 0. The van der Waals surface area contributed by atoms with Gasteiger partial charge in [0, 0.05) is 0 Å². The summed E-state index contributed by atoms with van der Waals surface area (Å²) in [6.45, 7) is 5.90.